The molecule has 0 spiro atoms. The number of hydrogen-bond acceptors (Lipinski definition) is 0. The van der Waals surface area contributed by atoms with Gasteiger partial charge in [-0.05, 0) is 0 Å². The standard InChI is InChI=1S/2C23H27.C12H9Si.2ClH.Zr/c2*1-5-18-9-7-8-10-21(18)23-19(6-2)11-12-20-14-17(13-16(3)4)15-22(20)23;1-3-7-11-9(5-1)10-6-2-4-8-12(10)13-11;;;/h2*7-12,14-16H,5-6,13H2,1-4H3;1-7H,13H2;2*1H;/q;;;;;+2/p-2. The molecule has 1 aliphatic heterocycles. The van der Waals surface area contributed by atoms with Gasteiger partial charge in [-0.3, -0.25) is 0 Å². The van der Waals surface area contributed by atoms with E-state index in [1.807, 2.05) is 0 Å². The van der Waals surface area contributed by atoms with Crippen molar-refractivity contribution in [2.75, 3.05) is 0 Å². The Morgan fingerprint density at radius 2 is 0.919 bits per heavy atom. The first-order chi connectivity index (χ1) is 29.9. The third-order valence-corrected chi connectivity index (χ3v) is 37.4. The summed E-state index contributed by atoms with van der Waals surface area (Å²) in [6, 6.07) is 44.2. The SMILES string of the molecule is CCc1ccccc1-c1c(CC)ccc2c1C=C(CC(C)C)[CH]2[Zr]([Cl])([Cl])([c]1cccc2c1[SiH2]c1ccccc1-2)[CH]1C(CC(C)C)=Cc2c1ccc(CC)c2-c1ccccc1CC. The third kappa shape index (κ3) is 7.01. The van der Waals surface area contributed by atoms with Gasteiger partial charge in [0.2, 0.25) is 0 Å². The van der Waals surface area contributed by atoms with Crippen molar-refractivity contribution < 1.29 is 16.4 Å². The summed E-state index contributed by atoms with van der Waals surface area (Å²) in [5.74, 6) is 0.877. The molecule has 4 heteroatoms. The molecule has 1 heterocycles. The number of fused-ring (bicyclic) bond motifs is 5. The molecule has 0 nitrogen and oxygen atoms in total. The molecule has 317 valence electrons. The van der Waals surface area contributed by atoms with Crippen LogP contribution in [0.4, 0.5) is 0 Å². The van der Waals surface area contributed by atoms with Gasteiger partial charge in [0.15, 0.2) is 0 Å². The number of rotatable bonds is 13. The van der Waals surface area contributed by atoms with E-state index in [0.29, 0.717) is 11.8 Å². The van der Waals surface area contributed by atoms with E-state index in [1.54, 1.807) is 0 Å². The Balaban J connectivity index is 1.42. The molecule has 2 aliphatic carbocycles. The van der Waals surface area contributed by atoms with Crippen molar-refractivity contribution in [1.82, 2.24) is 0 Å². The molecule has 0 aromatic heterocycles. The molecule has 3 aliphatic rings. The topological polar surface area (TPSA) is 0 Å². The van der Waals surface area contributed by atoms with E-state index < -0.39 is 25.9 Å². The van der Waals surface area contributed by atoms with Gasteiger partial charge in [0, 0.05) is 0 Å². The van der Waals surface area contributed by atoms with Crippen molar-refractivity contribution >= 4 is 52.3 Å². The fraction of sp³-hybridized carbons (Fsp3) is 0.310. The Labute approximate surface area is 383 Å². The molecular formula is C58H63Cl2SiZr. The number of halogens is 2. The quantitative estimate of drug-likeness (QED) is 0.101. The summed E-state index contributed by atoms with van der Waals surface area (Å²) in [6.07, 6.45) is 11.0. The average molecular weight is 950 g/mol. The predicted molar refractivity (Wildman–Crippen MR) is 273 cm³/mol. The number of aryl methyl sites for hydroxylation is 4. The van der Waals surface area contributed by atoms with Crippen LogP contribution in [0.25, 0.3) is 45.5 Å². The van der Waals surface area contributed by atoms with Gasteiger partial charge in [-0.15, -0.1) is 0 Å². The van der Waals surface area contributed by atoms with E-state index in [1.165, 1.54) is 103 Å². The minimum atomic E-state index is -5.73. The Bertz CT molecular complexity index is 2650. The zero-order chi connectivity index (χ0) is 43.5. The van der Waals surface area contributed by atoms with Crippen LogP contribution in [0.15, 0.2) is 126 Å². The van der Waals surface area contributed by atoms with Gasteiger partial charge in [0.25, 0.3) is 0 Å². The van der Waals surface area contributed by atoms with E-state index >= 15 is 0 Å². The molecule has 0 saturated heterocycles. The normalized spacial score (nSPS) is 17.5. The zero-order valence-electron chi connectivity index (χ0n) is 38.1. The molecule has 0 radical (unpaired) electrons. The van der Waals surface area contributed by atoms with Crippen LogP contribution in [-0.2, 0) is 42.1 Å². The van der Waals surface area contributed by atoms with Crippen LogP contribution in [0.1, 0.15) is 120 Å². The molecule has 0 fully saturated rings. The summed E-state index contributed by atoms with van der Waals surface area (Å²) in [5, 5.41) is 2.99. The van der Waals surface area contributed by atoms with Crippen molar-refractivity contribution in [2.24, 2.45) is 11.8 Å². The Kier molecular flexibility index (Phi) is 12.1. The molecule has 0 N–H and O–H groups in total. The summed E-state index contributed by atoms with van der Waals surface area (Å²) in [4.78, 5) is 0. The Morgan fingerprint density at radius 1 is 0.484 bits per heavy atom. The van der Waals surface area contributed by atoms with E-state index in [4.69, 9.17) is 0 Å². The van der Waals surface area contributed by atoms with E-state index in [9.17, 15) is 17.0 Å². The second-order valence-electron chi connectivity index (χ2n) is 19.3. The molecule has 9 rings (SSSR count). The minimum absolute atomic E-state index is 0.0939. The number of allylic oxidation sites excluding steroid dienone is 2. The third-order valence-electron chi connectivity index (χ3n) is 14.6. The van der Waals surface area contributed by atoms with E-state index in [0.717, 1.165) is 38.5 Å². The first kappa shape index (κ1) is 43.7. The summed E-state index contributed by atoms with van der Waals surface area (Å²) in [7, 11) is 18.2. The van der Waals surface area contributed by atoms with Crippen molar-refractivity contribution in [3.8, 4) is 33.4 Å². The Hall–Kier alpha value is -3.52. The van der Waals surface area contributed by atoms with Gasteiger partial charge in [0.05, 0.1) is 0 Å². The first-order valence-corrected chi connectivity index (χ1v) is 35.4. The molecule has 2 unspecified atom stereocenters. The van der Waals surface area contributed by atoms with Crippen molar-refractivity contribution in [1.29, 1.82) is 0 Å². The molecular weight excluding hydrogens is 887 g/mol. The Morgan fingerprint density at radius 3 is 1.39 bits per heavy atom. The van der Waals surface area contributed by atoms with Crippen LogP contribution >= 0.6 is 17.0 Å². The van der Waals surface area contributed by atoms with Crippen LogP contribution in [-0.4, -0.2) is 9.52 Å². The molecule has 0 bridgehead atoms. The molecule has 6 aromatic rings. The van der Waals surface area contributed by atoms with Gasteiger partial charge in [-0.1, -0.05) is 0 Å². The maximum absolute atomic E-state index is 9.55. The molecule has 62 heavy (non-hydrogen) atoms. The average Bonchev–Trinajstić information content (AvgIpc) is 3.96. The second kappa shape index (κ2) is 17.1. The van der Waals surface area contributed by atoms with Gasteiger partial charge in [-0.25, -0.2) is 0 Å². The second-order valence-corrected chi connectivity index (χ2v) is 41.7. The van der Waals surface area contributed by atoms with Gasteiger partial charge in [0.1, 0.15) is 0 Å². The fourth-order valence-corrected chi connectivity index (χ4v) is 40.0. The number of hydrogen-bond donors (Lipinski definition) is 0. The summed E-state index contributed by atoms with van der Waals surface area (Å²) < 4.78 is 1.13. The molecule has 0 amide bonds. The fourth-order valence-electron chi connectivity index (χ4n) is 12.1. The van der Waals surface area contributed by atoms with Gasteiger partial charge >= 0.3 is 386 Å². The van der Waals surface area contributed by atoms with Crippen molar-refractivity contribution in [2.45, 2.75) is 101 Å². The first-order valence-electron chi connectivity index (χ1n) is 23.6. The molecule has 6 aromatic carbocycles. The van der Waals surface area contributed by atoms with Crippen LogP contribution in [0, 0.1) is 11.8 Å². The predicted octanol–water partition coefficient (Wildman–Crippen LogP) is 14.4. The van der Waals surface area contributed by atoms with Crippen LogP contribution in [0.3, 0.4) is 0 Å². The monoisotopic (exact) mass is 947 g/mol. The summed E-state index contributed by atoms with van der Waals surface area (Å²) >= 11 is -5.73. The summed E-state index contributed by atoms with van der Waals surface area (Å²) in [5.41, 5.74) is 22.1. The van der Waals surface area contributed by atoms with Gasteiger partial charge in [-0.2, -0.15) is 0 Å². The maximum atomic E-state index is 9.55. The molecule has 2 atom stereocenters. The number of benzene rings is 6. The van der Waals surface area contributed by atoms with Crippen LogP contribution in [0.2, 0.25) is 0 Å². The van der Waals surface area contributed by atoms with E-state index in [2.05, 4.69) is 183 Å². The summed E-state index contributed by atoms with van der Waals surface area (Å²) in [6.45, 7) is 18.7. The van der Waals surface area contributed by atoms with Crippen LogP contribution in [0.5, 0.6) is 0 Å². The van der Waals surface area contributed by atoms with Crippen LogP contribution < -0.4 is 13.6 Å². The van der Waals surface area contributed by atoms with Crippen molar-refractivity contribution in [3.05, 3.63) is 171 Å². The van der Waals surface area contributed by atoms with Crippen molar-refractivity contribution in [3.63, 3.8) is 0 Å². The molecule has 0 saturated carbocycles. The van der Waals surface area contributed by atoms with E-state index in [-0.39, 0.29) is 7.25 Å². The van der Waals surface area contributed by atoms with Gasteiger partial charge < -0.3 is 0 Å². The zero-order valence-corrected chi connectivity index (χ0v) is 43.5.